The van der Waals surface area contributed by atoms with Crippen LogP contribution in [-0.2, 0) is 0 Å². The standard InChI is InChI=1S/C15H17Cl.H4N2/c1-3-4-6-11-15(12-13(2)16)14-9-7-5-8-10-14;1-2/h5-12H,2-4H2,1H3;1-2H2/b11-6-,15-12+;. The third-order valence-corrected chi connectivity index (χ3v) is 2.28. The highest BCUT2D eigenvalue weighted by Gasteiger charge is 1.96. The highest BCUT2D eigenvalue weighted by atomic mass is 35.5. The average Bonchev–Trinajstić information content (AvgIpc) is 2.41. The smallest absolute Gasteiger partial charge is 0.0340 e. The Labute approximate surface area is 115 Å². The molecule has 0 amide bonds. The largest absolute Gasteiger partial charge is 0.274 e. The number of rotatable bonds is 5. The molecule has 0 aliphatic carbocycles. The first kappa shape index (κ1) is 16.6. The SMILES string of the molecule is C=C(Cl)/C=C(\C=C/CCC)c1ccccc1.NN. The third kappa shape index (κ3) is 7.07. The van der Waals surface area contributed by atoms with Crippen molar-refractivity contribution in [2.45, 2.75) is 19.8 Å². The van der Waals surface area contributed by atoms with Gasteiger partial charge in [0, 0.05) is 5.03 Å². The Bertz CT molecular complexity index is 394. The molecule has 0 atom stereocenters. The lowest BCUT2D eigenvalue weighted by Gasteiger charge is -2.02. The van der Waals surface area contributed by atoms with Crippen LogP contribution in [0.1, 0.15) is 25.3 Å². The minimum absolute atomic E-state index is 0.556. The molecule has 98 valence electrons. The second-order valence-corrected chi connectivity index (χ2v) is 4.09. The van der Waals surface area contributed by atoms with Gasteiger partial charge >= 0.3 is 0 Å². The molecule has 1 aromatic carbocycles. The van der Waals surface area contributed by atoms with E-state index in [9.17, 15) is 0 Å². The summed E-state index contributed by atoms with van der Waals surface area (Å²) in [5.74, 6) is 8.00. The summed E-state index contributed by atoms with van der Waals surface area (Å²) in [6.07, 6.45) is 8.40. The number of benzene rings is 1. The monoisotopic (exact) mass is 264 g/mol. The van der Waals surface area contributed by atoms with Crippen molar-refractivity contribution in [3.63, 3.8) is 0 Å². The molecule has 0 aliphatic heterocycles. The van der Waals surface area contributed by atoms with E-state index in [1.807, 2.05) is 24.3 Å². The molecule has 0 saturated carbocycles. The van der Waals surface area contributed by atoms with Gasteiger partial charge in [-0.25, -0.2) is 0 Å². The first-order valence-electron chi connectivity index (χ1n) is 5.85. The summed E-state index contributed by atoms with van der Waals surface area (Å²) < 4.78 is 0. The van der Waals surface area contributed by atoms with Gasteiger partial charge in [0.1, 0.15) is 0 Å². The van der Waals surface area contributed by atoms with Crippen LogP contribution in [0.3, 0.4) is 0 Å². The lowest BCUT2D eigenvalue weighted by molar-refractivity contribution is 0.959. The summed E-state index contributed by atoms with van der Waals surface area (Å²) >= 11 is 5.83. The fourth-order valence-electron chi connectivity index (χ4n) is 1.40. The van der Waals surface area contributed by atoms with Crippen LogP contribution in [0.15, 0.2) is 60.2 Å². The van der Waals surface area contributed by atoms with Gasteiger partial charge in [0.15, 0.2) is 0 Å². The number of hydrazine groups is 1. The first-order valence-corrected chi connectivity index (χ1v) is 6.23. The Kier molecular flexibility index (Phi) is 9.97. The first-order chi connectivity index (χ1) is 8.74. The van der Waals surface area contributed by atoms with Crippen LogP contribution in [0.5, 0.6) is 0 Å². The number of unbranched alkanes of at least 4 members (excludes halogenated alkanes) is 1. The van der Waals surface area contributed by atoms with Gasteiger partial charge in [0.25, 0.3) is 0 Å². The number of nitrogens with two attached hydrogens (primary N) is 2. The van der Waals surface area contributed by atoms with Gasteiger partial charge in [-0.1, -0.05) is 74.0 Å². The van der Waals surface area contributed by atoms with Gasteiger partial charge in [0.05, 0.1) is 0 Å². The Morgan fingerprint density at radius 3 is 2.39 bits per heavy atom. The zero-order chi connectivity index (χ0) is 13.8. The molecule has 0 bridgehead atoms. The van der Waals surface area contributed by atoms with E-state index in [2.05, 4.69) is 49.5 Å². The maximum Gasteiger partial charge on any atom is 0.0340 e. The molecule has 1 rings (SSSR count). The molecule has 0 unspecified atom stereocenters. The predicted molar refractivity (Wildman–Crippen MR) is 81.8 cm³/mol. The highest BCUT2D eigenvalue weighted by molar-refractivity contribution is 6.31. The number of hydrogen-bond acceptors (Lipinski definition) is 2. The predicted octanol–water partition coefficient (Wildman–Crippen LogP) is 4.00. The molecule has 1 aromatic rings. The number of hydrogen-bond donors (Lipinski definition) is 2. The van der Waals surface area contributed by atoms with Gasteiger partial charge in [-0.05, 0) is 23.6 Å². The van der Waals surface area contributed by atoms with E-state index in [1.165, 1.54) is 0 Å². The van der Waals surface area contributed by atoms with E-state index in [0.717, 1.165) is 24.0 Å². The molecular formula is C15H21ClN2. The molecule has 0 radical (unpaired) electrons. The summed E-state index contributed by atoms with van der Waals surface area (Å²) in [7, 11) is 0. The van der Waals surface area contributed by atoms with Crippen molar-refractivity contribution in [2.75, 3.05) is 0 Å². The maximum atomic E-state index is 5.83. The van der Waals surface area contributed by atoms with Crippen molar-refractivity contribution in [3.05, 3.63) is 65.7 Å². The van der Waals surface area contributed by atoms with Gasteiger partial charge < -0.3 is 0 Å². The molecule has 18 heavy (non-hydrogen) atoms. The van der Waals surface area contributed by atoms with E-state index in [-0.39, 0.29) is 0 Å². The molecule has 4 N–H and O–H groups in total. The molecule has 0 heterocycles. The minimum atomic E-state index is 0.556. The highest BCUT2D eigenvalue weighted by Crippen LogP contribution is 2.19. The van der Waals surface area contributed by atoms with Crippen molar-refractivity contribution in [1.82, 2.24) is 0 Å². The molecule has 0 saturated heterocycles. The molecule has 0 spiro atoms. The van der Waals surface area contributed by atoms with Gasteiger partial charge in [-0.15, -0.1) is 0 Å². The Balaban J connectivity index is 0.00000137. The topological polar surface area (TPSA) is 52.0 Å². The van der Waals surface area contributed by atoms with Gasteiger partial charge in [-0.2, -0.15) is 0 Å². The molecule has 0 aromatic heterocycles. The normalized spacial score (nSPS) is 11.0. The molecular weight excluding hydrogens is 244 g/mol. The van der Waals surface area contributed by atoms with Crippen molar-refractivity contribution < 1.29 is 0 Å². The van der Waals surface area contributed by atoms with Crippen molar-refractivity contribution >= 4 is 17.2 Å². The zero-order valence-electron chi connectivity index (χ0n) is 10.8. The Morgan fingerprint density at radius 1 is 1.28 bits per heavy atom. The van der Waals surface area contributed by atoms with E-state index in [4.69, 9.17) is 11.6 Å². The summed E-state index contributed by atoms with van der Waals surface area (Å²) in [5.41, 5.74) is 2.27. The molecule has 0 fully saturated rings. The summed E-state index contributed by atoms with van der Waals surface area (Å²) in [5, 5.41) is 0.556. The van der Waals surface area contributed by atoms with Crippen molar-refractivity contribution in [1.29, 1.82) is 0 Å². The second-order valence-electron chi connectivity index (χ2n) is 3.60. The summed E-state index contributed by atoms with van der Waals surface area (Å²) in [4.78, 5) is 0. The zero-order valence-corrected chi connectivity index (χ0v) is 11.5. The summed E-state index contributed by atoms with van der Waals surface area (Å²) in [6.45, 7) is 5.87. The third-order valence-electron chi connectivity index (χ3n) is 2.17. The minimum Gasteiger partial charge on any atom is -0.274 e. The van der Waals surface area contributed by atoms with Crippen molar-refractivity contribution in [2.24, 2.45) is 11.7 Å². The van der Waals surface area contributed by atoms with Crippen LogP contribution in [-0.4, -0.2) is 0 Å². The lowest BCUT2D eigenvalue weighted by atomic mass is 10.0. The molecule has 2 nitrogen and oxygen atoms in total. The van der Waals surface area contributed by atoms with E-state index in [1.54, 1.807) is 0 Å². The summed E-state index contributed by atoms with van der Waals surface area (Å²) in [6, 6.07) is 10.2. The van der Waals surface area contributed by atoms with E-state index in [0.29, 0.717) is 5.03 Å². The Hall–Kier alpha value is -1.35. The van der Waals surface area contributed by atoms with Crippen LogP contribution >= 0.6 is 11.6 Å². The van der Waals surface area contributed by atoms with E-state index >= 15 is 0 Å². The maximum absolute atomic E-state index is 5.83. The Morgan fingerprint density at radius 2 is 1.89 bits per heavy atom. The van der Waals surface area contributed by atoms with Crippen LogP contribution < -0.4 is 11.7 Å². The number of allylic oxidation sites excluding steroid dienone is 5. The van der Waals surface area contributed by atoms with Gasteiger partial charge in [0.2, 0.25) is 0 Å². The van der Waals surface area contributed by atoms with Gasteiger partial charge in [-0.3, -0.25) is 11.7 Å². The van der Waals surface area contributed by atoms with Crippen LogP contribution in [0.4, 0.5) is 0 Å². The fraction of sp³-hybridized carbons (Fsp3) is 0.200. The lowest BCUT2D eigenvalue weighted by Crippen LogP contribution is -2.02. The van der Waals surface area contributed by atoms with Crippen LogP contribution in [0.2, 0.25) is 0 Å². The van der Waals surface area contributed by atoms with E-state index < -0.39 is 0 Å². The van der Waals surface area contributed by atoms with Crippen LogP contribution in [0.25, 0.3) is 5.57 Å². The second kappa shape index (κ2) is 10.8. The molecule has 0 aliphatic rings. The average molecular weight is 265 g/mol. The number of halogens is 1. The van der Waals surface area contributed by atoms with Crippen molar-refractivity contribution in [3.8, 4) is 0 Å². The molecule has 3 heteroatoms. The quantitative estimate of drug-likeness (QED) is 0.480. The fourth-order valence-corrected chi connectivity index (χ4v) is 1.52. The van der Waals surface area contributed by atoms with Crippen LogP contribution in [0, 0.1) is 0 Å².